The molecule has 1 aliphatic heterocycles. The van der Waals surface area contributed by atoms with E-state index in [4.69, 9.17) is 4.74 Å². The standard InChI is InChI=1S/C19H25NO2S/c1-20(14-19(15-21)9-11-22-12-10-19)13-17-7-8-18(23-17)16-5-3-2-4-6-16/h2-8,21H,9-15H2,1H3. The molecule has 4 heteroatoms. The molecule has 3 rings (SSSR count). The van der Waals surface area contributed by atoms with E-state index in [-0.39, 0.29) is 12.0 Å². The molecule has 3 nitrogen and oxygen atoms in total. The average molecular weight is 331 g/mol. The van der Waals surface area contributed by atoms with E-state index in [9.17, 15) is 5.11 Å². The zero-order valence-corrected chi connectivity index (χ0v) is 14.5. The minimum Gasteiger partial charge on any atom is -0.396 e. The summed E-state index contributed by atoms with van der Waals surface area (Å²) in [6.07, 6.45) is 1.90. The first-order valence-electron chi connectivity index (χ1n) is 8.22. The van der Waals surface area contributed by atoms with E-state index in [1.54, 1.807) is 0 Å². The monoisotopic (exact) mass is 331 g/mol. The highest BCUT2D eigenvalue weighted by Gasteiger charge is 2.33. The molecule has 0 saturated carbocycles. The number of thiophene rings is 1. The zero-order valence-electron chi connectivity index (χ0n) is 13.7. The van der Waals surface area contributed by atoms with Crippen molar-refractivity contribution in [3.63, 3.8) is 0 Å². The van der Waals surface area contributed by atoms with Gasteiger partial charge in [0.15, 0.2) is 0 Å². The zero-order chi connectivity index (χ0) is 16.1. The Morgan fingerprint density at radius 2 is 1.87 bits per heavy atom. The fourth-order valence-electron chi connectivity index (χ4n) is 3.29. The molecule has 0 bridgehead atoms. The fraction of sp³-hybridized carbons (Fsp3) is 0.474. The molecule has 1 N–H and O–H groups in total. The van der Waals surface area contributed by atoms with Gasteiger partial charge in [0.25, 0.3) is 0 Å². The minimum absolute atomic E-state index is 0.00647. The molecule has 124 valence electrons. The Labute approximate surface area is 142 Å². The molecule has 1 fully saturated rings. The third kappa shape index (κ3) is 4.21. The van der Waals surface area contributed by atoms with Crippen molar-refractivity contribution in [2.75, 3.05) is 33.4 Å². The minimum atomic E-state index is 0.00647. The van der Waals surface area contributed by atoms with E-state index >= 15 is 0 Å². The van der Waals surface area contributed by atoms with Gasteiger partial charge in [0.1, 0.15) is 0 Å². The number of nitrogens with zero attached hydrogens (tertiary/aromatic N) is 1. The summed E-state index contributed by atoms with van der Waals surface area (Å²) in [6, 6.07) is 14.9. The number of aliphatic hydroxyl groups is 1. The molecule has 2 aromatic rings. The van der Waals surface area contributed by atoms with E-state index in [0.717, 1.165) is 39.1 Å². The summed E-state index contributed by atoms with van der Waals surface area (Å²) >= 11 is 1.85. The second-order valence-electron chi connectivity index (χ2n) is 6.57. The van der Waals surface area contributed by atoms with Gasteiger partial charge in [-0.3, -0.25) is 0 Å². The van der Waals surface area contributed by atoms with Crippen LogP contribution in [0.2, 0.25) is 0 Å². The van der Waals surface area contributed by atoms with E-state index in [1.165, 1.54) is 15.3 Å². The van der Waals surface area contributed by atoms with Crippen molar-refractivity contribution in [2.45, 2.75) is 19.4 Å². The van der Waals surface area contributed by atoms with Crippen LogP contribution >= 0.6 is 11.3 Å². The van der Waals surface area contributed by atoms with Gasteiger partial charge in [-0.25, -0.2) is 0 Å². The Kier molecular flexibility index (Phi) is 5.49. The second-order valence-corrected chi connectivity index (χ2v) is 7.74. The maximum atomic E-state index is 9.83. The van der Waals surface area contributed by atoms with Crippen LogP contribution in [0.15, 0.2) is 42.5 Å². The Bertz CT molecular complexity index is 605. The molecule has 0 unspecified atom stereocenters. The quantitative estimate of drug-likeness (QED) is 0.877. The number of hydrogen-bond acceptors (Lipinski definition) is 4. The van der Waals surface area contributed by atoms with Crippen molar-refractivity contribution in [1.82, 2.24) is 4.90 Å². The summed E-state index contributed by atoms with van der Waals surface area (Å²) in [5, 5.41) is 9.83. The van der Waals surface area contributed by atoms with Crippen molar-refractivity contribution in [1.29, 1.82) is 0 Å². The molecule has 1 aromatic heterocycles. The van der Waals surface area contributed by atoms with Gasteiger partial charge in [-0.15, -0.1) is 11.3 Å². The SMILES string of the molecule is CN(Cc1ccc(-c2ccccc2)s1)CC1(CO)CCOCC1. The molecule has 23 heavy (non-hydrogen) atoms. The predicted molar refractivity (Wildman–Crippen MR) is 95.7 cm³/mol. The van der Waals surface area contributed by atoms with Crippen molar-refractivity contribution in [3.05, 3.63) is 47.3 Å². The van der Waals surface area contributed by atoms with E-state index in [2.05, 4.69) is 48.3 Å². The fourth-order valence-corrected chi connectivity index (χ4v) is 4.38. The highest BCUT2D eigenvalue weighted by atomic mass is 32.1. The van der Waals surface area contributed by atoms with E-state index < -0.39 is 0 Å². The first kappa shape index (κ1) is 16.7. The number of aliphatic hydroxyl groups excluding tert-OH is 1. The average Bonchev–Trinajstić information content (AvgIpc) is 3.05. The van der Waals surface area contributed by atoms with Gasteiger partial charge in [0.2, 0.25) is 0 Å². The molecular formula is C19H25NO2S. The van der Waals surface area contributed by atoms with Gasteiger partial charge in [0.05, 0.1) is 6.61 Å². The lowest BCUT2D eigenvalue weighted by Gasteiger charge is -2.38. The van der Waals surface area contributed by atoms with Crippen molar-refractivity contribution >= 4 is 11.3 Å². The number of hydrogen-bond donors (Lipinski definition) is 1. The van der Waals surface area contributed by atoms with E-state index in [1.807, 2.05) is 17.4 Å². The van der Waals surface area contributed by atoms with E-state index in [0.29, 0.717) is 0 Å². The molecule has 0 amide bonds. The van der Waals surface area contributed by atoms with Crippen molar-refractivity contribution in [2.24, 2.45) is 5.41 Å². The molecule has 2 heterocycles. The van der Waals surface area contributed by atoms with Crippen LogP contribution < -0.4 is 0 Å². The lowest BCUT2D eigenvalue weighted by Crippen LogP contribution is -2.42. The summed E-state index contributed by atoms with van der Waals surface area (Å²) in [4.78, 5) is 5.02. The van der Waals surface area contributed by atoms with Gasteiger partial charge in [0, 0.05) is 41.5 Å². The maximum Gasteiger partial charge on any atom is 0.0501 e. The smallest absolute Gasteiger partial charge is 0.0501 e. The van der Waals surface area contributed by atoms with Crippen LogP contribution in [0.25, 0.3) is 10.4 Å². The molecule has 1 aromatic carbocycles. The first-order valence-corrected chi connectivity index (χ1v) is 9.04. The maximum absolute atomic E-state index is 9.83. The van der Waals surface area contributed by atoms with Gasteiger partial charge < -0.3 is 14.7 Å². The molecule has 0 aliphatic carbocycles. The Morgan fingerprint density at radius 1 is 1.13 bits per heavy atom. The Morgan fingerprint density at radius 3 is 2.57 bits per heavy atom. The molecule has 0 radical (unpaired) electrons. The van der Waals surface area contributed by atoms with Crippen LogP contribution in [0, 0.1) is 5.41 Å². The van der Waals surface area contributed by atoms with Gasteiger partial charge >= 0.3 is 0 Å². The van der Waals surface area contributed by atoms with Crippen molar-refractivity contribution < 1.29 is 9.84 Å². The van der Waals surface area contributed by atoms with Gasteiger partial charge in [-0.1, -0.05) is 30.3 Å². The van der Waals surface area contributed by atoms with Crippen LogP contribution in [0.3, 0.4) is 0 Å². The Hall–Kier alpha value is -1.20. The lowest BCUT2D eigenvalue weighted by atomic mass is 9.80. The first-order chi connectivity index (χ1) is 11.2. The van der Waals surface area contributed by atoms with Crippen molar-refractivity contribution in [3.8, 4) is 10.4 Å². The van der Waals surface area contributed by atoms with Crippen LogP contribution in [-0.2, 0) is 11.3 Å². The second kappa shape index (κ2) is 7.58. The van der Waals surface area contributed by atoms with Crippen LogP contribution in [0.5, 0.6) is 0 Å². The molecule has 1 saturated heterocycles. The Balaban J connectivity index is 1.62. The normalized spacial score (nSPS) is 17.5. The molecule has 0 spiro atoms. The third-order valence-corrected chi connectivity index (χ3v) is 5.76. The largest absolute Gasteiger partial charge is 0.396 e. The van der Waals surface area contributed by atoms with Gasteiger partial charge in [-0.05, 0) is 37.6 Å². The molecule has 0 atom stereocenters. The van der Waals surface area contributed by atoms with Crippen LogP contribution in [-0.4, -0.2) is 43.4 Å². The molecular weight excluding hydrogens is 306 g/mol. The number of ether oxygens (including phenoxy) is 1. The predicted octanol–water partition coefficient (Wildman–Crippen LogP) is 3.64. The highest BCUT2D eigenvalue weighted by Crippen LogP contribution is 2.32. The van der Waals surface area contributed by atoms with Gasteiger partial charge in [-0.2, -0.15) is 0 Å². The summed E-state index contributed by atoms with van der Waals surface area (Å²) in [5.74, 6) is 0. The third-order valence-electron chi connectivity index (χ3n) is 4.64. The summed E-state index contributed by atoms with van der Waals surface area (Å²) in [5.41, 5.74) is 1.29. The highest BCUT2D eigenvalue weighted by molar-refractivity contribution is 7.15. The lowest BCUT2D eigenvalue weighted by molar-refractivity contribution is -0.0317. The van der Waals surface area contributed by atoms with Crippen LogP contribution in [0.4, 0.5) is 0 Å². The number of benzene rings is 1. The van der Waals surface area contributed by atoms with Crippen LogP contribution in [0.1, 0.15) is 17.7 Å². The molecule has 1 aliphatic rings. The number of rotatable bonds is 6. The summed E-state index contributed by atoms with van der Waals surface area (Å²) in [7, 11) is 2.15. The summed E-state index contributed by atoms with van der Waals surface area (Å²) in [6.45, 7) is 3.64. The summed E-state index contributed by atoms with van der Waals surface area (Å²) < 4.78 is 5.45. The topological polar surface area (TPSA) is 32.7 Å².